The molecular weight excluding hydrogens is 328 g/mol. The first-order chi connectivity index (χ1) is 11.6. The topological polar surface area (TPSA) is 99.9 Å². The van der Waals surface area contributed by atoms with Crippen molar-refractivity contribution in [1.29, 1.82) is 0 Å². The average Bonchev–Trinajstić information content (AvgIpc) is 2.83. The Hall–Kier alpha value is -1.77. The van der Waals surface area contributed by atoms with E-state index in [0.717, 1.165) is 0 Å². The number of aliphatic hydroxyl groups excluding tert-OH is 1. The minimum atomic E-state index is -0.948. The lowest BCUT2D eigenvalue weighted by Gasteiger charge is -2.23. The van der Waals surface area contributed by atoms with E-state index in [0.29, 0.717) is 12.1 Å². The number of aryl methyl sites for hydroxylation is 1. The van der Waals surface area contributed by atoms with Crippen LogP contribution < -0.4 is 5.69 Å². The minimum absolute atomic E-state index is 0.331. The third-order valence-electron chi connectivity index (χ3n) is 4.02. The van der Waals surface area contributed by atoms with Gasteiger partial charge in [0.05, 0.1) is 11.5 Å². The summed E-state index contributed by atoms with van der Waals surface area (Å²) in [4.78, 5) is 27.8. The molecule has 0 bridgehead atoms. The van der Waals surface area contributed by atoms with Gasteiger partial charge in [-0.3, -0.25) is 9.36 Å². The second-order valence-electron chi connectivity index (χ2n) is 7.15. The first kappa shape index (κ1) is 19.6. The Morgan fingerprint density at radius 2 is 2.12 bits per heavy atom. The number of carbonyl (C=O) groups is 1. The Morgan fingerprint density at radius 3 is 2.68 bits per heavy atom. The molecule has 0 aromatic carbocycles. The molecule has 0 saturated carbocycles. The van der Waals surface area contributed by atoms with Crippen LogP contribution in [0.5, 0.6) is 0 Å². The average molecular weight is 354 g/mol. The standard InChI is InChI=1S/C17H26N2O6/c1-6-11-12(20)13(23-9-24-15(21)17(3,4)5)14(25-11)19-8-7-10(2)18-16(19)22/h7-8,11-14,20H,6,9H2,1-5H3/t11-,12?,13+,14-/m1/s1. The van der Waals surface area contributed by atoms with Crippen LogP contribution in [0.3, 0.4) is 0 Å². The summed E-state index contributed by atoms with van der Waals surface area (Å²) < 4.78 is 17.7. The molecule has 0 radical (unpaired) electrons. The quantitative estimate of drug-likeness (QED) is 0.625. The second kappa shape index (κ2) is 7.63. The van der Waals surface area contributed by atoms with Gasteiger partial charge in [-0.15, -0.1) is 0 Å². The van der Waals surface area contributed by atoms with Gasteiger partial charge in [0.15, 0.2) is 13.0 Å². The highest BCUT2D eigenvalue weighted by atomic mass is 16.7. The fourth-order valence-corrected chi connectivity index (χ4v) is 2.53. The predicted octanol–water partition coefficient (Wildman–Crippen LogP) is 1.15. The molecule has 0 amide bonds. The molecule has 1 aliphatic heterocycles. The maximum Gasteiger partial charge on any atom is 0.349 e. The fraction of sp³-hybridized carbons (Fsp3) is 0.706. The zero-order valence-corrected chi connectivity index (χ0v) is 15.3. The first-order valence-electron chi connectivity index (χ1n) is 8.33. The Kier molecular flexibility index (Phi) is 5.97. The van der Waals surface area contributed by atoms with Crippen molar-refractivity contribution < 1.29 is 24.1 Å². The molecule has 1 fully saturated rings. The van der Waals surface area contributed by atoms with E-state index in [1.165, 1.54) is 4.57 Å². The summed E-state index contributed by atoms with van der Waals surface area (Å²) >= 11 is 0. The smallest absolute Gasteiger partial charge is 0.349 e. The van der Waals surface area contributed by atoms with Gasteiger partial charge in [-0.25, -0.2) is 4.79 Å². The number of hydrogen-bond donors (Lipinski definition) is 1. The van der Waals surface area contributed by atoms with Gasteiger partial charge >= 0.3 is 11.7 Å². The van der Waals surface area contributed by atoms with E-state index in [1.807, 2.05) is 6.92 Å². The molecule has 1 aliphatic rings. The highest BCUT2D eigenvalue weighted by molar-refractivity contribution is 5.75. The highest BCUT2D eigenvalue weighted by Crippen LogP contribution is 2.32. The maximum atomic E-state index is 12.1. The van der Waals surface area contributed by atoms with Crippen molar-refractivity contribution in [2.45, 2.75) is 65.6 Å². The van der Waals surface area contributed by atoms with E-state index in [2.05, 4.69) is 4.98 Å². The third kappa shape index (κ3) is 4.45. The van der Waals surface area contributed by atoms with Crippen LogP contribution in [0.1, 0.15) is 46.0 Å². The van der Waals surface area contributed by atoms with Crippen molar-refractivity contribution in [2.75, 3.05) is 6.79 Å². The van der Waals surface area contributed by atoms with Gasteiger partial charge in [-0.1, -0.05) is 6.92 Å². The van der Waals surface area contributed by atoms with Crippen molar-refractivity contribution >= 4 is 5.97 Å². The van der Waals surface area contributed by atoms with Crippen LogP contribution in [0.15, 0.2) is 17.1 Å². The van der Waals surface area contributed by atoms with Crippen LogP contribution in [-0.2, 0) is 19.0 Å². The number of aliphatic hydroxyl groups is 1. The van der Waals surface area contributed by atoms with Gasteiger partial charge in [0, 0.05) is 11.9 Å². The molecule has 0 spiro atoms. The lowest BCUT2D eigenvalue weighted by Crippen LogP contribution is -2.38. The number of aromatic nitrogens is 2. The van der Waals surface area contributed by atoms with Gasteiger partial charge < -0.3 is 19.3 Å². The van der Waals surface area contributed by atoms with Crippen LogP contribution in [-0.4, -0.2) is 45.7 Å². The van der Waals surface area contributed by atoms with Crippen LogP contribution in [0.25, 0.3) is 0 Å². The van der Waals surface area contributed by atoms with Crippen LogP contribution >= 0.6 is 0 Å². The highest BCUT2D eigenvalue weighted by Gasteiger charge is 2.45. The van der Waals surface area contributed by atoms with Crippen molar-refractivity contribution in [3.05, 3.63) is 28.4 Å². The van der Waals surface area contributed by atoms with Gasteiger partial charge in [-0.2, -0.15) is 4.98 Å². The molecule has 1 saturated heterocycles. The zero-order valence-electron chi connectivity index (χ0n) is 15.3. The second-order valence-corrected chi connectivity index (χ2v) is 7.15. The summed E-state index contributed by atoms with van der Waals surface area (Å²) in [6, 6.07) is 1.67. The first-order valence-corrected chi connectivity index (χ1v) is 8.33. The number of ether oxygens (including phenoxy) is 3. The summed E-state index contributed by atoms with van der Waals surface area (Å²) in [7, 11) is 0. The molecule has 8 nitrogen and oxygen atoms in total. The third-order valence-corrected chi connectivity index (χ3v) is 4.02. The van der Waals surface area contributed by atoms with Crippen molar-refractivity contribution in [3.8, 4) is 0 Å². The molecule has 1 aromatic rings. The lowest BCUT2D eigenvalue weighted by molar-refractivity contribution is -0.179. The van der Waals surface area contributed by atoms with Gasteiger partial charge in [0.25, 0.3) is 0 Å². The number of esters is 1. The summed E-state index contributed by atoms with van der Waals surface area (Å²) in [5.74, 6) is -0.418. The normalized spacial score (nSPS) is 26.6. The Labute approximate surface area is 146 Å². The largest absolute Gasteiger partial charge is 0.438 e. The van der Waals surface area contributed by atoms with E-state index < -0.39 is 41.6 Å². The molecule has 4 atom stereocenters. The summed E-state index contributed by atoms with van der Waals surface area (Å²) in [6.45, 7) is 8.44. The Morgan fingerprint density at radius 1 is 1.44 bits per heavy atom. The van der Waals surface area contributed by atoms with Crippen LogP contribution in [0, 0.1) is 12.3 Å². The van der Waals surface area contributed by atoms with E-state index in [1.54, 1.807) is 40.0 Å². The maximum absolute atomic E-state index is 12.1. The van der Waals surface area contributed by atoms with Crippen molar-refractivity contribution in [2.24, 2.45) is 5.41 Å². The summed E-state index contributed by atoms with van der Waals surface area (Å²) in [6.07, 6.45) is -1.02. The molecule has 1 unspecified atom stereocenters. The fourth-order valence-electron chi connectivity index (χ4n) is 2.53. The van der Waals surface area contributed by atoms with Crippen LogP contribution in [0.4, 0.5) is 0 Å². The molecule has 140 valence electrons. The van der Waals surface area contributed by atoms with E-state index >= 15 is 0 Å². The minimum Gasteiger partial charge on any atom is -0.438 e. The van der Waals surface area contributed by atoms with E-state index in [4.69, 9.17) is 14.2 Å². The van der Waals surface area contributed by atoms with Gasteiger partial charge in [0.1, 0.15) is 12.2 Å². The van der Waals surface area contributed by atoms with Crippen LogP contribution in [0.2, 0.25) is 0 Å². The van der Waals surface area contributed by atoms with Gasteiger partial charge in [-0.05, 0) is 40.2 Å². The van der Waals surface area contributed by atoms with Crippen molar-refractivity contribution in [1.82, 2.24) is 9.55 Å². The van der Waals surface area contributed by atoms with E-state index in [9.17, 15) is 14.7 Å². The monoisotopic (exact) mass is 354 g/mol. The van der Waals surface area contributed by atoms with E-state index in [-0.39, 0.29) is 6.79 Å². The number of nitrogens with zero attached hydrogens (tertiary/aromatic N) is 2. The number of hydrogen-bond acceptors (Lipinski definition) is 7. The Balaban J connectivity index is 2.14. The number of carbonyl (C=O) groups excluding carboxylic acids is 1. The molecule has 1 N–H and O–H groups in total. The lowest BCUT2D eigenvalue weighted by atomic mass is 9.98. The summed E-state index contributed by atoms with van der Waals surface area (Å²) in [5, 5.41) is 10.4. The number of rotatable bonds is 5. The Bertz CT molecular complexity index is 666. The molecule has 8 heteroatoms. The summed E-state index contributed by atoms with van der Waals surface area (Å²) in [5.41, 5.74) is -0.560. The predicted molar refractivity (Wildman–Crippen MR) is 88.7 cm³/mol. The molecule has 0 aliphatic carbocycles. The molecule has 2 rings (SSSR count). The molecule has 25 heavy (non-hydrogen) atoms. The zero-order chi connectivity index (χ0) is 18.8. The SMILES string of the molecule is CC[C@H]1O[C@@H](n2ccc(C)nc2=O)[C@@H](OCOC(=O)C(C)(C)C)C1O. The molecule has 2 heterocycles. The van der Waals surface area contributed by atoms with Crippen molar-refractivity contribution in [3.63, 3.8) is 0 Å². The molecule has 1 aromatic heterocycles. The molecular formula is C17H26N2O6. The van der Waals surface area contributed by atoms with Gasteiger partial charge in [0.2, 0.25) is 0 Å².